The van der Waals surface area contributed by atoms with Gasteiger partial charge in [-0.3, -0.25) is 4.79 Å². The van der Waals surface area contributed by atoms with Gasteiger partial charge in [-0.1, -0.05) is 40.9 Å². The zero-order valence-corrected chi connectivity index (χ0v) is 13.6. The average molecular weight is 366 g/mol. The molecule has 0 radical (unpaired) electrons. The van der Waals surface area contributed by atoms with Crippen LogP contribution in [0, 0.1) is 11.3 Å². The largest absolute Gasteiger partial charge is 0.382 e. The Bertz CT molecular complexity index is 1000. The van der Waals surface area contributed by atoms with Crippen LogP contribution in [-0.2, 0) is 0 Å². The smallest absolute Gasteiger partial charge is 0.280 e. The quantitative estimate of drug-likeness (QED) is 0.702. The van der Waals surface area contributed by atoms with Crippen molar-refractivity contribution in [1.29, 1.82) is 5.26 Å². The zero-order valence-electron chi connectivity index (χ0n) is 11.3. The predicted octanol–water partition coefficient (Wildman–Crippen LogP) is 4.14. The number of hydrogen-bond donors (Lipinski definition) is 1. The number of nitrogens with two attached hydrogens (primary N) is 1. The second kappa shape index (κ2) is 5.74. The Kier molecular flexibility index (Phi) is 3.90. The van der Waals surface area contributed by atoms with Crippen molar-refractivity contribution in [2.75, 3.05) is 5.73 Å². The van der Waals surface area contributed by atoms with Gasteiger partial charge in [0.1, 0.15) is 17.5 Å². The Labute approximate surface area is 145 Å². The minimum absolute atomic E-state index is 0.0399. The van der Waals surface area contributed by atoms with Crippen LogP contribution in [0.25, 0.3) is 10.8 Å². The molecule has 5 nitrogen and oxygen atoms in total. The van der Waals surface area contributed by atoms with Gasteiger partial charge in [0, 0.05) is 26.4 Å². The van der Waals surface area contributed by atoms with Crippen molar-refractivity contribution < 1.29 is 4.79 Å². The number of carbonyl (C=O) groups excluding carboxylic acids is 1. The number of nitrogen functional groups attached to an aromatic ring is 1. The van der Waals surface area contributed by atoms with E-state index < -0.39 is 5.91 Å². The maximum atomic E-state index is 12.6. The highest BCUT2D eigenvalue weighted by molar-refractivity contribution is 6.40. The molecule has 114 valence electrons. The third kappa shape index (κ3) is 2.51. The van der Waals surface area contributed by atoms with Crippen LogP contribution < -0.4 is 5.73 Å². The molecule has 1 heterocycles. The van der Waals surface area contributed by atoms with Gasteiger partial charge in [-0.15, -0.1) is 5.10 Å². The highest BCUT2D eigenvalue weighted by atomic mass is 35.5. The molecule has 3 rings (SSSR count). The molecular weight excluding hydrogens is 359 g/mol. The normalized spacial score (nSPS) is 10.7. The molecule has 0 fully saturated rings. The third-order valence-corrected chi connectivity index (χ3v) is 4.26. The number of hydrogen-bond acceptors (Lipinski definition) is 4. The van der Waals surface area contributed by atoms with E-state index in [1.54, 1.807) is 36.4 Å². The number of halogens is 3. The van der Waals surface area contributed by atoms with Crippen LogP contribution in [0.15, 0.2) is 30.3 Å². The summed E-state index contributed by atoms with van der Waals surface area (Å²) in [5, 5.41) is 15.0. The van der Waals surface area contributed by atoms with Crippen molar-refractivity contribution in [2.45, 2.75) is 0 Å². The van der Waals surface area contributed by atoms with E-state index in [0.717, 1.165) is 10.1 Å². The summed E-state index contributed by atoms with van der Waals surface area (Å²) >= 11 is 18.1. The molecular formula is C15H7Cl3N4O. The monoisotopic (exact) mass is 364 g/mol. The van der Waals surface area contributed by atoms with E-state index in [1.165, 1.54) is 0 Å². The molecule has 0 aliphatic rings. The number of anilines is 1. The van der Waals surface area contributed by atoms with Gasteiger partial charge in [-0.05, 0) is 24.3 Å². The van der Waals surface area contributed by atoms with Gasteiger partial charge in [-0.25, -0.2) is 0 Å². The summed E-state index contributed by atoms with van der Waals surface area (Å²) in [4.78, 5) is 12.6. The molecule has 0 bridgehead atoms. The lowest BCUT2D eigenvalue weighted by Gasteiger charge is -2.07. The van der Waals surface area contributed by atoms with Crippen molar-refractivity contribution in [1.82, 2.24) is 9.78 Å². The lowest BCUT2D eigenvalue weighted by atomic mass is 10.1. The second-order valence-electron chi connectivity index (χ2n) is 4.67. The molecule has 0 aliphatic heterocycles. The molecule has 0 spiro atoms. The van der Waals surface area contributed by atoms with Crippen LogP contribution in [-0.4, -0.2) is 15.7 Å². The Morgan fingerprint density at radius 2 is 1.78 bits per heavy atom. The van der Waals surface area contributed by atoms with Crippen LogP contribution in [0.4, 0.5) is 5.82 Å². The summed E-state index contributed by atoms with van der Waals surface area (Å²) in [6, 6.07) is 9.98. The number of nitrogens with zero attached hydrogens (tertiary/aromatic N) is 3. The van der Waals surface area contributed by atoms with Gasteiger partial charge in [0.05, 0.1) is 0 Å². The van der Waals surface area contributed by atoms with Crippen molar-refractivity contribution in [3.63, 3.8) is 0 Å². The van der Waals surface area contributed by atoms with Gasteiger partial charge in [-0.2, -0.15) is 9.94 Å². The van der Waals surface area contributed by atoms with Gasteiger partial charge in [0.15, 0.2) is 5.15 Å². The van der Waals surface area contributed by atoms with Crippen LogP contribution in [0.3, 0.4) is 0 Å². The Morgan fingerprint density at radius 3 is 2.39 bits per heavy atom. The van der Waals surface area contributed by atoms with Crippen LogP contribution in [0.2, 0.25) is 15.2 Å². The van der Waals surface area contributed by atoms with E-state index in [9.17, 15) is 4.79 Å². The highest BCUT2D eigenvalue weighted by Crippen LogP contribution is 2.31. The number of carbonyl (C=O) groups is 1. The fraction of sp³-hybridized carbons (Fsp3) is 0. The molecule has 2 N–H and O–H groups in total. The van der Waals surface area contributed by atoms with Crippen LogP contribution in [0.5, 0.6) is 0 Å². The summed E-state index contributed by atoms with van der Waals surface area (Å²) in [7, 11) is 0. The van der Waals surface area contributed by atoms with E-state index in [4.69, 9.17) is 45.8 Å². The van der Waals surface area contributed by atoms with E-state index >= 15 is 0 Å². The number of benzene rings is 2. The van der Waals surface area contributed by atoms with E-state index in [0.29, 0.717) is 15.4 Å². The Balaban J connectivity index is 2.16. The standard InChI is InChI=1S/C15H7Cl3N4O/c16-11-3-4-12(17)9-5-7(1-2-8(9)11)15(23)22-14(20)10(6-19)13(18)21-22/h1-5H,20H2. The van der Waals surface area contributed by atoms with Gasteiger partial charge in [0.25, 0.3) is 5.91 Å². The average Bonchev–Trinajstić information content (AvgIpc) is 2.84. The van der Waals surface area contributed by atoms with Gasteiger partial charge >= 0.3 is 0 Å². The fourth-order valence-electron chi connectivity index (χ4n) is 2.19. The lowest BCUT2D eigenvalue weighted by Crippen LogP contribution is -2.16. The third-order valence-electron chi connectivity index (χ3n) is 3.34. The SMILES string of the molecule is N#Cc1c(Cl)nn(C(=O)c2ccc3c(Cl)ccc(Cl)c3c2)c1N. The number of fused-ring (bicyclic) bond motifs is 1. The minimum atomic E-state index is -0.524. The predicted molar refractivity (Wildman–Crippen MR) is 90.1 cm³/mol. The number of nitriles is 1. The summed E-state index contributed by atoms with van der Waals surface area (Å²) in [6.07, 6.45) is 0. The molecule has 0 saturated heterocycles. The van der Waals surface area contributed by atoms with Crippen LogP contribution in [0.1, 0.15) is 15.9 Å². The molecule has 8 heteroatoms. The van der Waals surface area contributed by atoms with Crippen molar-refractivity contribution >= 4 is 57.3 Å². The maximum Gasteiger partial charge on any atom is 0.280 e. The molecule has 3 aromatic rings. The summed E-state index contributed by atoms with van der Waals surface area (Å²) in [5.74, 6) is -0.636. The Hall–Kier alpha value is -2.26. The highest BCUT2D eigenvalue weighted by Gasteiger charge is 2.20. The first-order valence-electron chi connectivity index (χ1n) is 6.30. The van der Waals surface area contributed by atoms with Crippen molar-refractivity contribution in [2.24, 2.45) is 0 Å². The molecule has 1 aromatic heterocycles. The second-order valence-corrected chi connectivity index (χ2v) is 5.84. The lowest BCUT2D eigenvalue weighted by molar-refractivity contribution is 0.0948. The van der Waals surface area contributed by atoms with Gasteiger partial charge < -0.3 is 5.73 Å². The van der Waals surface area contributed by atoms with Gasteiger partial charge in [0.2, 0.25) is 0 Å². The molecule has 2 aromatic carbocycles. The van der Waals surface area contributed by atoms with Crippen molar-refractivity contribution in [3.05, 3.63) is 56.7 Å². The zero-order chi connectivity index (χ0) is 16.7. The topological polar surface area (TPSA) is 84.7 Å². The number of rotatable bonds is 1. The molecule has 23 heavy (non-hydrogen) atoms. The molecule has 0 aliphatic carbocycles. The summed E-state index contributed by atoms with van der Waals surface area (Å²) < 4.78 is 0.889. The van der Waals surface area contributed by atoms with E-state index in [-0.39, 0.29) is 22.1 Å². The van der Waals surface area contributed by atoms with E-state index in [1.807, 2.05) is 0 Å². The summed E-state index contributed by atoms with van der Waals surface area (Å²) in [6.45, 7) is 0. The first-order valence-corrected chi connectivity index (χ1v) is 7.44. The first-order chi connectivity index (χ1) is 10.9. The molecule has 0 amide bonds. The van der Waals surface area contributed by atoms with Crippen LogP contribution >= 0.6 is 34.8 Å². The number of aromatic nitrogens is 2. The molecule has 0 atom stereocenters. The molecule has 0 unspecified atom stereocenters. The minimum Gasteiger partial charge on any atom is -0.382 e. The van der Waals surface area contributed by atoms with Crippen molar-refractivity contribution in [3.8, 4) is 6.07 Å². The van der Waals surface area contributed by atoms with E-state index in [2.05, 4.69) is 5.10 Å². The fourth-order valence-corrected chi connectivity index (χ4v) is 2.85. The summed E-state index contributed by atoms with van der Waals surface area (Å²) in [5.41, 5.74) is 5.99. The Morgan fingerprint density at radius 1 is 1.13 bits per heavy atom. The maximum absolute atomic E-state index is 12.6. The molecule has 0 saturated carbocycles. The first kappa shape index (κ1) is 15.6.